The molecule has 210 valence electrons. The maximum Gasteiger partial charge on any atom is 0.0730 e. The number of aryl methyl sites for hydroxylation is 2. The first-order valence-corrected chi connectivity index (χ1v) is 13.7. The summed E-state index contributed by atoms with van der Waals surface area (Å²) in [5.41, 5.74) is 22.2. The molecule has 5 aromatic rings. The number of aromatic nitrogens is 1. The Kier molecular flexibility index (Phi) is 14.5. The number of fused-ring (bicyclic) bond motifs is 2. The zero-order valence-electron chi connectivity index (χ0n) is 25.7. The molecule has 3 nitrogen and oxygen atoms in total. The molecule has 0 spiro atoms. The smallest absolute Gasteiger partial charge is 0.0730 e. The summed E-state index contributed by atoms with van der Waals surface area (Å²) in [5.74, 6) is 0. The normalized spacial score (nSPS) is 9.40. The van der Waals surface area contributed by atoms with Gasteiger partial charge in [-0.2, -0.15) is 0 Å². The van der Waals surface area contributed by atoms with Crippen LogP contribution in [0.3, 0.4) is 0 Å². The largest absolute Gasteiger partial charge is 0.399 e. The fraction of sp³-hybridized carbons (Fsp3) is 0.216. The van der Waals surface area contributed by atoms with Crippen molar-refractivity contribution in [2.75, 3.05) is 11.5 Å². The molecule has 0 atom stereocenters. The van der Waals surface area contributed by atoms with Gasteiger partial charge in [-0.05, 0) is 83.0 Å². The average molecular weight is 534 g/mol. The van der Waals surface area contributed by atoms with Crippen molar-refractivity contribution < 1.29 is 0 Å². The predicted molar refractivity (Wildman–Crippen MR) is 182 cm³/mol. The monoisotopic (exact) mass is 533 g/mol. The van der Waals surface area contributed by atoms with Crippen LogP contribution in [0.4, 0.5) is 11.4 Å². The second kappa shape index (κ2) is 17.3. The molecule has 0 fully saturated rings. The molecule has 0 bridgehead atoms. The molecular weight excluding hydrogens is 486 g/mol. The molecule has 40 heavy (non-hydrogen) atoms. The highest BCUT2D eigenvalue weighted by molar-refractivity contribution is 5.94. The van der Waals surface area contributed by atoms with E-state index in [1.807, 2.05) is 77.9 Å². The summed E-state index contributed by atoms with van der Waals surface area (Å²) in [6.45, 7) is 23.2. The van der Waals surface area contributed by atoms with E-state index >= 15 is 0 Å². The molecule has 1 heterocycles. The molecule has 1 aromatic heterocycles. The summed E-state index contributed by atoms with van der Waals surface area (Å²) in [6, 6.07) is 30.8. The van der Waals surface area contributed by atoms with E-state index in [9.17, 15) is 0 Å². The van der Waals surface area contributed by atoms with Crippen molar-refractivity contribution in [3.8, 4) is 11.1 Å². The van der Waals surface area contributed by atoms with E-state index < -0.39 is 0 Å². The third kappa shape index (κ3) is 12.4. The van der Waals surface area contributed by atoms with Gasteiger partial charge in [0.05, 0.1) is 11.0 Å². The van der Waals surface area contributed by atoms with Crippen molar-refractivity contribution in [2.45, 2.75) is 55.4 Å². The third-order valence-electron chi connectivity index (χ3n) is 5.10. The molecule has 4 N–H and O–H groups in total. The lowest BCUT2D eigenvalue weighted by Gasteiger charge is -2.03. The molecule has 0 amide bonds. The summed E-state index contributed by atoms with van der Waals surface area (Å²) in [7, 11) is 0. The van der Waals surface area contributed by atoms with Crippen LogP contribution in [0.2, 0.25) is 0 Å². The van der Waals surface area contributed by atoms with E-state index in [-0.39, 0.29) is 0 Å². The molecule has 0 aliphatic carbocycles. The lowest BCUT2D eigenvalue weighted by Crippen LogP contribution is -1.89. The molecule has 0 aliphatic heterocycles. The number of anilines is 2. The van der Waals surface area contributed by atoms with E-state index in [0.29, 0.717) is 0 Å². The van der Waals surface area contributed by atoms with Crippen LogP contribution in [-0.2, 0) is 0 Å². The van der Waals surface area contributed by atoms with Gasteiger partial charge in [-0.3, -0.25) is 0 Å². The zero-order valence-corrected chi connectivity index (χ0v) is 25.7. The van der Waals surface area contributed by atoms with Crippen molar-refractivity contribution >= 4 is 33.2 Å². The molecule has 0 saturated carbocycles. The highest BCUT2D eigenvalue weighted by Gasteiger charge is 2.00. The van der Waals surface area contributed by atoms with Gasteiger partial charge in [0.1, 0.15) is 0 Å². The number of pyridine rings is 1. The number of allylic oxidation sites excluding steroid dienone is 2. The zero-order chi connectivity index (χ0) is 30.2. The van der Waals surface area contributed by atoms with Gasteiger partial charge in [-0.25, -0.2) is 4.98 Å². The fourth-order valence-electron chi connectivity index (χ4n) is 3.35. The van der Waals surface area contributed by atoms with Crippen LogP contribution >= 0.6 is 0 Å². The van der Waals surface area contributed by atoms with Gasteiger partial charge in [0, 0.05) is 22.1 Å². The molecule has 0 saturated heterocycles. The fourth-order valence-corrected chi connectivity index (χ4v) is 3.35. The number of nitrogens with two attached hydrogens (primary N) is 2. The Labute approximate surface area is 242 Å². The van der Waals surface area contributed by atoms with Crippen LogP contribution in [-0.4, -0.2) is 4.98 Å². The van der Waals surface area contributed by atoms with E-state index in [4.69, 9.17) is 11.5 Å². The Balaban J connectivity index is 0.000000304. The van der Waals surface area contributed by atoms with Gasteiger partial charge >= 0.3 is 0 Å². The first kappa shape index (κ1) is 33.7. The minimum atomic E-state index is 0.725. The molecule has 4 aromatic carbocycles. The molecule has 0 aliphatic rings. The Morgan fingerprint density at radius 2 is 0.825 bits per heavy atom. The maximum atomic E-state index is 5.73. The van der Waals surface area contributed by atoms with Crippen LogP contribution in [0.1, 0.15) is 52.7 Å². The molecule has 0 unspecified atom stereocenters. The number of hydrogen-bond donors (Lipinski definition) is 2. The Hall–Kier alpha value is -4.37. The summed E-state index contributed by atoms with van der Waals surface area (Å²) in [5, 5.41) is 2.18. The Morgan fingerprint density at radius 3 is 1.12 bits per heavy atom. The van der Waals surface area contributed by atoms with Crippen molar-refractivity contribution in [3.63, 3.8) is 0 Å². The number of benzene rings is 4. The van der Waals surface area contributed by atoms with Crippen LogP contribution in [0.25, 0.3) is 32.9 Å². The van der Waals surface area contributed by atoms with Crippen LogP contribution in [0.5, 0.6) is 0 Å². The third-order valence-corrected chi connectivity index (χ3v) is 5.10. The number of nitrogen functional groups attached to an aromatic ring is 2. The second-order valence-corrected chi connectivity index (χ2v) is 10.0. The van der Waals surface area contributed by atoms with E-state index in [0.717, 1.165) is 33.2 Å². The second-order valence-electron chi connectivity index (χ2n) is 10.0. The summed E-state index contributed by atoms with van der Waals surface area (Å²) in [6.07, 6.45) is 0. The Bertz CT molecular complexity index is 1370. The van der Waals surface area contributed by atoms with Gasteiger partial charge < -0.3 is 11.5 Å². The highest BCUT2D eigenvalue weighted by atomic mass is 14.7. The quantitative estimate of drug-likeness (QED) is 0.128. The predicted octanol–water partition coefficient (Wildman–Crippen LogP) is 10.7. The van der Waals surface area contributed by atoms with E-state index in [1.54, 1.807) is 0 Å². The lowest BCUT2D eigenvalue weighted by molar-refractivity contribution is 1.42. The van der Waals surface area contributed by atoms with E-state index in [1.165, 1.54) is 33.4 Å². The maximum absolute atomic E-state index is 5.73. The summed E-state index contributed by atoms with van der Waals surface area (Å²) in [4.78, 5) is 4.54. The number of hydrogen-bond acceptors (Lipinski definition) is 3. The van der Waals surface area contributed by atoms with Gasteiger partial charge in [-0.15, -0.1) is 13.2 Å². The Morgan fingerprint density at radius 1 is 0.525 bits per heavy atom. The SMILES string of the molecule is C=C(C)C.C=C(C)C.CC.Cc1ccc(-c2ccc(C)cc2)cc1.Nc1ccc2cc3ccc(N)cc3nc2c1. The van der Waals surface area contributed by atoms with Gasteiger partial charge in [0.15, 0.2) is 0 Å². The van der Waals surface area contributed by atoms with Crippen LogP contribution in [0, 0.1) is 13.8 Å². The van der Waals surface area contributed by atoms with Crippen molar-refractivity contribution in [2.24, 2.45) is 0 Å². The summed E-state index contributed by atoms with van der Waals surface area (Å²) >= 11 is 0. The standard InChI is InChI=1S/C14H14.C13H11N3.2C4H8.C2H6/c1-11-3-7-13(8-4-11)14-9-5-12(2)6-10-14;14-10-3-1-8-5-9-2-4-11(15)7-13(9)16-12(8)6-10;2*1-4(2)3;1-2/h3-10H,1-2H3;1-7H,14-15H2;2*1H2,2-3H3;1-2H3. The average Bonchev–Trinajstić information content (AvgIpc) is 2.89. The molecule has 0 radical (unpaired) electrons. The van der Waals surface area contributed by atoms with Crippen molar-refractivity contribution in [1.29, 1.82) is 0 Å². The molecular formula is C37H47N3. The number of nitrogens with zero attached hydrogens (tertiary/aromatic N) is 1. The van der Waals surface area contributed by atoms with Crippen LogP contribution < -0.4 is 11.5 Å². The molecule has 3 heteroatoms. The van der Waals surface area contributed by atoms with E-state index in [2.05, 4.69) is 86.6 Å². The van der Waals surface area contributed by atoms with Crippen molar-refractivity contribution in [3.05, 3.63) is 126 Å². The van der Waals surface area contributed by atoms with Gasteiger partial charge in [0.25, 0.3) is 0 Å². The van der Waals surface area contributed by atoms with Crippen molar-refractivity contribution in [1.82, 2.24) is 4.98 Å². The minimum Gasteiger partial charge on any atom is -0.399 e. The lowest BCUT2D eigenvalue weighted by atomic mass is 10.0. The number of rotatable bonds is 1. The van der Waals surface area contributed by atoms with Crippen LogP contribution in [0.15, 0.2) is 115 Å². The first-order chi connectivity index (χ1) is 18.9. The van der Waals surface area contributed by atoms with Gasteiger partial charge in [0.2, 0.25) is 0 Å². The van der Waals surface area contributed by atoms with Gasteiger partial charge in [-0.1, -0.05) is 96.8 Å². The minimum absolute atomic E-state index is 0.725. The summed E-state index contributed by atoms with van der Waals surface area (Å²) < 4.78 is 0. The molecule has 5 rings (SSSR count). The topological polar surface area (TPSA) is 64.9 Å². The highest BCUT2D eigenvalue weighted by Crippen LogP contribution is 2.23. The first-order valence-electron chi connectivity index (χ1n) is 13.7.